The van der Waals surface area contributed by atoms with E-state index in [9.17, 15) is 0 Å². The Morgan fingerprint density at radius 2 is 2.25 bits per heavy atom. The molecule has 0 amide bonds. The van der Waals surface area contributed by atoms with Gasteiger partial charge in [0.1, 0.15) is 0 Å². The Morgan fingerprint density at radius 1 is 1.50 bits per heavy atom. The monoisotopic (exact) mass is 373 g/mol. The van der Waals surface area contributed by atoms with Crippen LogP contribution in [0.5, 0.6) is 0 Å². The standard InChI is InChI=1S/C13H13BrClN3OS/c1-18(6-10-4-8(14)7-20-10)9-2-3-11(12(15)5-9)13(16)17-19/h2-5,7,19H,6H2,1H3,(H2,16,17). The molecule has 7 heteroatoms. The third-order valence-corrected chi connectivity index (χ3v) is 4.79. The van der Waals surface area contributed by atoms with E-state index < -0.39 is 0 Å². The molecule has 2 aromatic rings. The average molecular weight is 375 g/mol. The van der Waals surface area contributed by atoms with Crippen LogP contribution in [0.15, 0.2) is 39.3 Å². The fourth-order valence-electron chi connectivity index (χ4n) is 1.76. The van der Waals surface area contributed by atoms with Gasteiger partial charge in [-0.3, -0.25) is 0 Å². The molecule has 0 unspecified atom stereocenters. The Labute approximate surface area is 134 Å². The molecule has 0 aliphatic rings. The van der Waals surface area contributed by atoms with Gasteiger partial charge in [0, 0.05) is 33.0 Å². The molecule has 1 aromatic heterocycles. The van der Waals surface area contributed by atoms with Crippen LogP contribution in [-0.2, 0) is 6.54 Å². The normalized spacial score (nSPS) is 11.7. The van der Waals surface area contributed by atoms with Crippen molar-refractivity contribution >= 4 is 50.4 Å². The van der Waals surface area contributed by atoms with Crippen molar-refractivity contribution in [3.63, 3.8) is 0 Å². The lowest BCUT2D eigenvalue weighted by Gasteiger charge is -2.19. The first-order valence-corrected chi connectivity index (χ1v) is 7.78. The van der Waals surface area contributed by atoms with Crippen molar-refractivity contribution in [1.29, 1.82) is 0 Å². The predicted molar refractivity (Wildman–Crippen MR) is 88.1 cm³/mol. The molecule has 106 valence electrons. The van der Waals surface area contributed by atoms with Gasteiger partial charge in [-0.15, -0.1) is 11.3 Å². The third-order valence-electron chi connectivity index (χ3n) is 2.79. The third kappa shape index (κ3) is 3.45. The number of nitrogens with two attached hydrogens (primary N) is 1. The zero-order chi connectivity index (χ0) is 14.7. The Balaban J connectivity index is 2.18. The summed E-state index contributed by atoms with van der Waals surface area (Å²) < 4.78 is 1.09. The maximum absolute atomic E-state index is 8.68. The van der Waals surface area contributed by atoms with Crippen molar-refractivity contribution in [3.8, 4) is 0 Å². The molecule has 20 heavy (non-hydrogen) atoms. The van der Waals surface area contributed by atoms with Crippen molar-refractivity contribution in [2.75, 3.05) is 11.9 Å². The molecule has 4 nitrogen and oxygen atoms in total. The lowest BCUT2D eigenvalue weighted by Crippen LogP contribution is -2.17. The van der Waals surface area contributed by atoms with Crippen LogP contribution >= 0.6 is 38.9 Å². The van der Waals surface area contributed by atoms with E-state index in [4.69, 9.17) is 22.5 Å². The molecule has 1 aromatic carbocycles. The lowest BCUT2D eigenvalue weighted by atomic mass is 10.2. The summed E-state index contributed by atoms with van der Waals surface area (Å²) in [6, 6.07) is 7.53. The highest BCUT2D eigenvalue weighted by atomic mass is 79.9. The average Bonchev–Trinajstić information content (AvgIpc) is 2.83. The summed E-state index contributed by atoms with van der Waals surface area (Å²) in [7, 11) is 1.99. The van der Waals surface area contributed by atoms with Crippen molar-refractivity contribution in [3.05, 3.63) is 49.6 Å². The van der Waals surface area contributed by atoms with Crippen molar-refractivity contribution in [2.24, 2.45) is 10.9 Å². The van der Waals surface area contributed by atoms with Gasteiger partial charge >= 0.3 is 0 Å². The number of nitrogens with zero attached hydrogens (tertiary/aromatic N) is 2. The first-order chi connectivity index (χ1) is 9.51. The number of benzene rings is 1. The minimum absolute atomic E-state index is 0.00592. The van der Waals surface area contributed by atoms with Crippen LogP contribution in [0.4, 0.5) is 5.69 Å². The van der Waals surface area contributed by atoms with E-state index in [1.807, 2.05) is 13.1 Å². The number of amidine groups is 1. The molecule has 0 bridgehead atoms. The number of anilines is 1. The first-order valence-electron chi connectivity index (χ1n) is 5.72. The Morgan fingerprint density at radius 3 is 2.80 bits per heavy atom. The second-order valence-electron chi connectivity index (χ2n) is 4.24. The quantitative estimate of drug-likeness (QED) is 0.369. The van der Waals surface area contributed by atoms with E-state index >= 15 is 0 Å². The van der Waals surface area contributed by atoms with Gasteiger partial charge < -0.3 is 15.8 Å². The minimum atomic E-state index is 0.00592. The van der Waals surface area contributed by atoms with Crippen LogP contribution in [-0.4, -0.2) is 18.1 Å². The van der Waals surface area contributed by atoms with Gasteiger partial charge in [0.2, 0.25) is 0 Å². The molecule has 3 N–H and O–H groups in total. The first kappa shape index (κ1) is 15.2. The van der Waals surface area contributed by atoms with E-state index in [1.165, 1.54) is 4.88 Å². The number of oxime groups is 1. The minimum Gasteiger partial charge on any atom is -0.409 e. The molecule has 2 rings (SSSR count). The fraction of sp³-hybridized carbons (Fsp3) is 0.154. The molecule has 1 heterocycles. The molecular formula is C13H13BrClN3OS. The molecule has 0 spiro atoms. The highest BCUT2D eigenvalue weighted by Gasteiger charge is 2.09. The summed E-state index contributed by atoms with van der Waals surface area (Å²) >= 11 is 11.3. The van der Waals surface area contributed by atoms with Gasteiger partial charge in [-0.05, 0) is 40.2 Å². The summed E-state index contributed by atoms with van der Waals surface area (Å²) in [6.45, 7) is 0.787. The summed E-state index contributed by atoms with van der Waals surface area (Å²) in [4.78, 5) is 3.33. The smallest absolute Gasteiger partial charge is 0.171 e. The fourth-order valence-corrected chi connectivity index (χ4v) is 3.54. The van der Waals surface area contributed by atoms with Gasteiger partial charge in [0.05, 0.1) is 11.6 Å². The Hall–Kier alpha value is -1.24. The van der Waals surface area contributed by atoms with Crippen LogP contribution in [0.1, 0.15) is 10.4 Å². The molecule has 0 aliphatic carbocycles. The number of halogens is 2. The second-order valence-corrected chi connectivity index (χ2v) is 6.56. The van der Waals surface area contributed by atoms with Crippen molar-refractivity contribution in [1.82, 2.24) is 0 Å². The number of rotatable bonds is 4. The van der Waals surface area contributed by atoms with Crippen LogP contribution < -0.4 is 10.6 Å². The van der Waals surface area contributed by atoms with Gasteiger partial charge in [0.25, 0.3) is 0 Å². The lowest BCUT2D eigenvalue weighted by molar-refractivity contribution is 0.318. The van der Waals surface area contributed by atoms with E-state index in [2.05, 4.69) is 37.4 Å². The number of thiophene rings is 1. The van der Waals surface area contributed by atoms with E-state index in [1.54, 1.807) is 23.5 Å². The molecule has 0 radical (unpaired) electrons. The molecule has 0 saturated heterocycles. The number of hydrogen-bond acceptors (Lipinski definition) is 4. The summed E-state index contributed by atoms with van der Waals surface area (Å²) in [6.07, 6.45) is 0. The predicted octanol–water partition coefficient (Wildman–Crippen LogP) is 3.89. The van der Waals surface area contributed by atoms with E-state index in [-0.39, 0.29) is 5.84 Å². The van der Waals surface area contributed by atoms with Crippen molar-refractivity contribution in [2.45, 2.75) is 6.54 Å². The summed E-state index contributed by atoms with van der Waals surface area (Å²) in [5, 5.41) is 14.1. The molecule has 0 atom stereocenters. The molecular weight excluding hydrogens is 362 g/mol. The molecule has 0 aliphatic heterocycles. The summed E-state index contributed by atoms with van der Waals surface area (Å²) in [5.41, 5.74) is 7.03. The van der Waals surface area contributed by atoms with Gasteiger partial charge in [-0.2, -0.15) is 0 Å². The van der Waals surface area contributed by atoms with Crippen LogP contribution in [0, 0.1) is 0 Å². The van der Waals surface area contributed by atoms with Gasteiger partial charge in [-0.1, -0.05) is 16.8 Å². The topological polar surface area (TPSA) is 61.8 Å². The maximum atomic E-state index is 8.68. The van der Waals surface area contributed by atoms with E-state index in [0.717, 1.165) is 16.7 Å². The van der Waals surface area contributed by atoms with Crippen LogP contribution in [0.3, 0.4) is 0 Å². The molecule has 0 fully saturated rings. The SMILES string of the molecule is CN(Cc1cc(Br)cs1)c1ccc(C(N)=NO)c(Cl)c1. The van der Waals surface area contributed by atoms with Crippen LogP contribution in [0.2, 0.25) is 5.02 Å². The highest BCUT2D eigenvalue weighted by molar-refractivity contribution is 9.10. The number of hydrogen-bond donors (Lipinski definition) is 2. The summed E-state index contributed by atoms with van der Waals surface area (Å²) in [5.74, 6) is 0.00592. The molecule has 0 saturated carbocycles. The Bertz CT molecular complexity index is 644. The zero-order valence-corrected chi connectivity index (χ0v) is 13.8. The van der Waals surface area contributed by atoms with Gasteiger partial charge in [-0.25, -0.2) is 0 Å². The maximum Gasteiger partial charge on any atom is 0.171 e. The zero-order valence-electron chi connectivity index (χ0n) is 10.7. The highest BCUT2D eigenvalue weighted by Crippen LogP contribution is 2.26. The largest absolute Gasteiger partial charge is 0.409 e. The van der Waals surface area contributed by atoms with Crippen LogP contribution in [0.25, 0.3) is 0 Å². The second kappa shape index (κ2) is 6.47. The van der Waals surface area contributed by atoms with Gasteiger partial charge in [0.15, 0.2) is 5.84 Å². The Kier molecular flexibility index (Phi) is 4.91. The van der Waals surface area contributed by atoms with Crippen molar-refractivity contribution < 1.29 is 5.21 Å². The van der Waals surface area contributed by atoms with E-state index in [0.29, 0.717) is 10.6 Å².